The molecule has 1 aliphatic heterocycles. The molecule has 4 nitrogen and oxygen atoms in total. The normalized spacial score (nSPS) is 21.3. The maximum Gasteiger partial charge on any atom is 0.223 e. The summed E-state index contributed by atoms with van der Waals surface area (Å²) in [6.07, 6.45) is 5.74. The van der Waals surface area contributed by atoms with Crippen molar-refractivity contribution in [2.75, 3.05) is 32.8 Å². The molecule has 1 atom stereocenters. The summed E-state index contributed by atoms with van der Waals surface area (Å²) < 4.78 is 0. The minimum absolute atomic E-state index is 0.0836. The van der Waals surface area contributed by atoms with Crippen LogP contribution in [0.1, 0.15) is 6.42 Å². The summed E-state index contributed by atoms with van der Waals surface area (Å²) in [6.45, 7) is 2.76. The molecule has 2 N–H and O–H groups in total. The number of carbonyl (C=O) groups excluding carboxylic acids is 1. The summed E-state index contributed by atoms with van der Waals surface area (Å²) in [6, 6.07) is 0. The number of aliphatic hydroxyl groups is 1. The highest BCUT2D eigenvalue weighted by atomic mass is 16.3. The van der Waals surface area contributed by atoms with E-state index in [1.807, 2.05) is 0 Å². The predicted molar refractivity (Wildman–Crippen MR) is 53.5 cm³/mol. The maximum atomic E-state index is 11.4. The average molecular weight is 196 g/mol. The van der Waals surface area contributed by atoms with Crippen LogP contribution in [0, 0.1) is 18.3 Å². The van der Waals surface area contributed by atoms with E-state index in [0.717, 1.165) is 0 Å². The monoisotopic (exact) mass is 196 g/mol. The standard InChI is InChI=1S/C10H16N2O2/c1-2-9-7-10(14)12(8-9)5-3-11-4-6-13/h1,9,11,13H,3-8H2. The molecule has 14 heavy (non-hydrogen) atoms. The molecule has 0 radical (unpaired) electrons. The molecule has 4 heteroatoms. The van der Waals surface area contributed by atoms with Gasteiger partial charge >= 0.3 is 0 Å². The van der Waals surface area contributed by atoms with E-state index in [1.54, 1.807) is 4.90 Å². The van der Waals surface area contributed by atoms with Gasteiger partial charge in [-0.15, -0.1) is 12.3 Å². The second-order valence-corrected chi connectivity index (χ2v) is 3.38. The van der Waals surface area contributed by atoms with Gasteiger partial charge in [0.05, 0.1) is 6.61 Å². The number of rotatable bonds is 5. The Morgan fingerprint density at radius 2 is 2.43 bits per heavy atom. The van der Waals surface area contributed by atoms with Crippen molar-refractivity contribution in [3.8, 4) is 12.3 Å². The van der Waals surface area contributed by atoms with Gasteiger partial charge in [-0.25, -0.2) is 0 Å². The molecule has 0 saturated carbocycles. The van der Waals surface area contributed by atoms with Crippen LogP contribution in [-0.2, 0) is 4.79 Å². The van der Waals surface area contributed by atoms with Crippen LogP contribution in [0.15, 0.2) is 0 Å². The largest absolute Gasteiger partial charge is 0.395 e. The fourth-order valence-electron chi connectivity index (χ4n) is 1.52. The molecule has 0 bridgehead atoms. The molecular formula is C10H16N2O2. The van der Waals surface area contributed by atoms with Crippen LogP contribution >= 0.6 is 0 Å². The summed E-state index contributed by atoms with van der Waals surface area (Å²) in [4.78, 5) is 13.1. The van der Waals surface area contributed by atoms with Crippen LogP contribution in [0.25, 0.3) is 0 Å². The highest BCUT2D eigenvalue weighted by Gasteiger charge is 2.27. The lowest BCUT2D eigenvalue weighted by molar-refractivity contribution is -0.127. The third-order valence-electron chi connectivity index (χ3n) is 2.30. The van der Waals surface area contributed by atoms with Crippen LogP contribution in [-0.4, -0.2) is 48.7 Å². The van der Waals surface area contributed by atoms with E-state index in [1.165, 1.54) is 0 Å². The maximum absolute atomic E-state index is 11.4. The van der Waals surface area contributed by atoms with Gasteiger partial charge in [0.2, 0.25) is 5.91 Å². The minimum Gasteiger partial charge on any atom is -0.395 e. The lowest BCUT2D eigenvalue weighted by Crippen LogP contribution is -2.34. The van der Waals surface area contributed by atoms with E-state index in [2.05, 4.69) is 11.2 Å². The van der Waals surface area contributed by atoms with Crippen molar-refractivity contribution in [3.63, 3.8) is 0 Å². The van der Waals surface area contributed by atoms with Crippen molar-refractivity contribution in [2.45, 2.75) is 6.42 Å². The molecule has 1 rings (SSSR count). The minimum atomic E-state index is 0.0836. The topological polar surface area (TPSA) is 52.6 Å². The first kappa shape index (κ1) is 11.0. The molecule has 1 amide bonds. The van der Waals surface area contributed by atoms with Gasteiger partial charge in [-0.2, -0.15) is 0 Å². The molecule has 0 spiro atoms. The Balaban J connectivity index is 2.19. The van der Waals surface area contributed by atoms with Gasteiger partial charge in [-0.1, -0.05) is 0 Å². The number of nitrogens with one attached hydrogen (secondary N) is 1. The summed E-state index contributed by atoms with van der Waals surface area (Å²) in [5.41, 5.74) is 0. The van der Waals surface area contributed by atoms with Crippen LogP contribution in [0.3, 0.4) is 0 Å². The number of aliphatic hydroxyl groups excluding tert-OH is 1. The molecule has 1 unspecified atom stereocenters. The lowest BCUT2D eigenvalue weighted by atomic mass is 10.1. The Bertz CT molecular complexity index is 235. The van der Waals surface area contributed by atoms with Gasteiger partial charge in [-0.05, 0) is 0 Å². The van der Waals surface area contributed by atoms with Crippen LogP contribution in [0.4, 0.5) is 0 Å². The first-order valence-corrected chi connectivity index (χ1v) is 4.83. The van der Waals surface area contributed by atoms with Gasteiger partial charge in [0.25, 0.3) is 0 Å². The summed E-state index contributed by atoms with van der Waals surface area (Å²) in [5.74, 6) is 2.82. The molecule has 1 heterocycles. The third kappa shape index (κ3) is 3.02. The van der Waals surface area contributed by atoms with Crippen molar-refractivity contribution in [2.24, 2.45) is 5.92 Å². The Hall–Kier alpha value is -1.05. The van der Waals surface area contributed by atoms with Crippen molar-refractivity contribution >= 4 is 5.91 Å². The first-order valence-electron chi connectivity index (χ1n) is 4.83. The molecule has 78 valence electrons. The predicted octanol–water partition coefficient (Wildman–Crippen LogP) is -0.950. The number of nitrogens with zero attached hydrogens (tertiary/aromatic N) is 1. The second-order valence-electron chi connectivity index (χ2n) is 3.38. The molecule has 0 aromatic heterocycles. The Morgan fingerprint density at radius 3 is 3.00 bits per heavy atom. The number of likely N-dealkylation sites (tertiary alicyclic amines) is 1. The van der Waals surface area contributed by atoms with Gasteiger partial charge in [0.1, 0.15) is 0 Å². The molecular weight excluding hydrogens is 180 g/mol. The lowest BCUT2D eigenvalue weighted by Gasteiger charge is -2.15. The molecule has 0 aliphatic carbocycles. The number of carbonyl (C=O) groups is 1. The fourth-order valence-corrected chi connectivity index (χ4v) is 1.52. The Labute approximate surface area is 84.3 Å². The summed E-state index contributed by atoms with van der Waals surface area (Å²) in [5, 5.41) is 11.5. The number of hydrogen-bond donors (Lipinski definition) is 2. The average Bonchev–Trinajstić information content (AvgIpc) is 2.54. The quantitative estimate of drug-likeness (QED) is 0.440. The fraction of sp³-hybridized carbons (Fsp3) is 0.700. The zero-order chi connectivity index (χ0) is 10.4. The van der Waals surface area contributed by atoms with Gasteiger partial charge < -0.3 is 15.3 Å². The van der Waals surface area contributed by atoms with E-state index >= 15 is 0 Å². The zero-order valence-corrected chi connectivity index (χ0v) is 8.20. The molecule has 1 aliphatic rings. The number of amides is 1. The van der Waals surface area contributed by atoms with Crippen LogP contribution in [0.5, 0.6) is 0 Å². The van der Waals surface area contributed by atoms with Crippen molar-refractivity contribution in [3.05, 3.63) is 0 Å². The highest BCUT2D eigenvalue weighted by molar-refractivity contribution is 5.79. The smallest absolute Gasteiger partial charge is 0.223 e. The summed E-state index contributed by atoms with van der Waals surface area (Å²) >= 11 is 0. The first-order chi connectivity index (χ1) is 6.77. The Kier molecular flexibility index (Phi) is 4.44. The molecule has 0 aromatic carbocycles. The van der Waals surface area contributed by atoms with E-state index in [0.29, 0.717) is 32.6 Å². The van der Waals surface area contributed by atoms with Gasteiger partial charge in [-0.3, -0.25) is 4.79 Å². The number of hydrogen-bond acceptors (Lipinski definition) is 3. The van der Waals surface area contributed by atoms with Crippen molar-refractivity contribution in [1.82, 2.24) is 10.2 Å². The van der Waals surface area contributed by atoms with Gasteiger partial charge in [0, 0.05) is 38.5 Å². The van der Waals surface area contributed by atoms with E-state index < -0.39 is 0 Å². The van der Waals surface area contributed by atoms with Crippen LogP contribution in [0.2, 0.25) is 0 Å². The molecule has 1 saturated heterocycles. The van der Waals surface area contributed by atoms with Crippen LogP contribution < -0.4 is 5.32 Å². The van der Waals surface area contributed by atoms with Crippen molar-refractivity contribution < 1.29 is 9.90 Å². The van der Waals surface area contributed by atoms with E-state index in [9.17, 15) is 4.79 Å². The molecule has 1 fully saturated rings. The Morgan fingerprint density at radius 1 is 1.64 bits per heavy atom. The number of terminal acetylenes is 1. The van der Waals surface area contributed by atoms with Gasteiger partial charge in [0.15, 0.2) is 0 Å². The summed E-state index contributed by atoms with van der Waals surface area (Å²) in [7, 11) is 0. The van der Waals surface area contributed by atoms with Crippen molar-refractivity contribution in [1.29, 1.82) is 0 Å². The second kappa shape index (κ2) is 5.63. The third-order valence-corrected chi connectivity index (χ3v) is 2.30. The highest BCUT2D eigenvalue weighted by Crippen LogP contribution is 2.15. The van der Waals surface area contributed by atoms with E-state index in [-0.39, 0.29) is 18.4 Å². The molecule has 0 aromatic rings. The SMILES string of the molecule is C#CC1CC(=O)N(CCNCCO)C1. The zero-order valence-electron chi connectivity index (χ0n) is 8.20. The van der Waals surface area contributed by atoms with E-state index in [4.69, 9.17) is 11.5 Å².